The number of likely N-dealkylation sites (tertiary alicyclic amines) is 1. The standard InChI is InChI=1S/C14H27FN2O/c1-10(2)13(16-14(18)11(3)4)12-5-7-17(9-12)8-6-15/h10-13H,5-9H2,1-4H3,(H,16,18)/t12-,13+/m0/s1. The zero-order chi connectivity index (χ0) is 13.7. The van der Waals surface area contributed by atoms with Crippen LogP contribution in [0.4, 0.5) is 4.39 Å². The van der Waals surface area contributed by atoms with Gasteiger partial charge in [-0.3, -0.25) is 4.79 Å². The highest BCUT2D eigenvalue weighted by Crippen LogP contribution is 2.24. The van der Waals surface area contributed by atoms with Crippen molar-refractivity contribution in [3.63, 3.8) is 0 Å². The van der Waals surface area contributed by atoms with Crippen LogP contribution in [-0.2, 0) is 4.79 Å². The normalized spacial score (nSPS) is 22.7. The molecule has 0 saturated carbocycles. The molecule has 2 atom stereocenters. The van der Waals surface area contributed by atoms with Gasteiger partial charge in [-0.1, -0.05) is 27.7 Å². The summed E-state index contributed by atoms with van der Waals surface area (Å²) < 4.78 is 12.3. The Balaban J connectivity index is 2.55. The van der Waals surface area contributed by atoms with Crippen LogP contribution in [0.3, 0.4) is 0 Å². The third kappa shape index (κ3) is 4.23. The molecular weight excluding hydrogens is 231 g/mol. The summed E-state index contributed by atoms with van der Waals surface area (Å²) in [6, 6.07) is 0.213. The molecule has 0 bridgehead atoms. The van der Waals surface area contributed by atoms with Crippen molar-refractivity contribution in [2.75, 3.05) is 26.3 Å². The van der Waals surface area contributed by atoms with E-state index in [1.165, 1.54) is 0 Å². The van der Waals surface area contributed by atoms with Crippen LogP contribution in [0.15, 0.2) is 0 Å². The lowest BCUT2D eigenvalue weighted by Gasteiger charge is -2.29. The smallest absolute Gasteiger partial charge is 0.222 e. The Labute approximate surface area is 110 Å². The minimum atomic E-state index is -0.280. The number of nitrogens with one attached hydrogen (secondary N) is 1. The van der Waals surface area contributed by atoms with Gasteiger partial charge in [-0.15, -0.1) is 0 Å². The fourth-order valence-corrected chi connectivity index (χ4v) is 2.64. The average molecular weight is 258 g/mol. The lowest BCUT2D eigenvalue weighted by molar-refractivity contribution is -0.125. The van der Waals surface area contributed by atoms with Gasteiger partial charge in [0.1, 0.15) is 6.67 Å². The van der Waals surface area contributed by atoms with Crippen LogP contribution in [0.25, 0.3) is 0 Å². The topological polar surface area (TPSA) is 32.3 Å². The zero-order valence-electron chi connectivity index (χ0n) is 12.1. The van der Waals surface area contributed by atoms with Gasteiger partial charge in [-0.25, -0.2) is 4.39 Å². The second-order valence-electron chi connectivity index (χ2n) is 5.97. The molecule has 1 saturated heterocycles. The quantitative estimate of drug-likeness (QED) is 0.791. The number of carbonyl (C=O) groups is 1. The number of nitrogens with zero attached hydrogens (tertiary/aromatic N) is 1. The third-order valence-corrected chi connectivity index (χ3v) is 3.77. The van der Waals surface area contributed by atoms with E-state index in [9.17, 15) is 9.18 Å². The van der Waals surface area contributed by atoms with Crippen molar-refractivity contribution in [2.45, 2.75) is 40.2 Å². The molecule has 1 aliphatic heterocycles. The maximum atomic E-state index is 12.3. The molecule has 4 heteroatoms. The summed E-state index contributed by atoms with van der Waals surface area (Å²) in [6.07, 6.45) is 1.06. The van der Waals surface area contributed by atoms with Crippen LogP contribution in [0.2, 0.25) is 0 Å². The van der Waals surface area contributed by atoms with Crippen LogP contribution in [0.1, 0.15) is 34.1 Å². The molecule has 0 spiro atoms. The second-order valence-corrected chi connectivity index (χ2v) is 5.97. The summed E-state index contributed by atoms with van der Waals surface area (Å²) in [7, 11) is 0. The zero-order valence-corrected chi connectivity index (χ0v) is 12.1. The maximum absolute atomic E-state index is 12.3. The van der Waals surface area contributed by atoms with Crippen molar-refractivity contribution < 1.29 is 9.18 Å². The van der Waals surface area contributed by atoms with Gasteiger partial charge in [0.05, 0.1) is 0 Å². The van der Waals surface area contributed by atoms with Gasteiger partial charge in [0.25, 0.3) is 0 Å². The van der Waals surface area contributed by atoms with Crippen LogP contribution in [0.5, 0.6) is 0 Å². The van der Waals surface area contributed by atoms with Crippen molar-refractivity contribution in [3.05, 3.63) is 0 Å². The highest BCUT2D eigenvalue weighted by atomic mass is 19.1. The molecule has 1 rings (SSSR count). The van der Waals surface area contributed by atoms with Gasteiger partial charge in [0, 0.05) is 25.0 Å². The lowest BCUT2D eigenvalue weighted by Crippen LogP contribution is -2.46. The molecule has 1 fully saturated rings. The first-order valence-corrected chi connectivity index (χ1v) is 7.04. The second kappa shape index (κ2) is 7.07. The van der Waals surface area contributed by atoms with Gasteiger partial charge in [-0.05, 0) is 24.8 Å². The van der Waals surface area contributed by atoms with E-state index in [0.717, 1.165) is 19.5 Å². The van der Waals surface area contributed by atoms with Crippen LogP contribution in [-0.4, -0.2) is 43.2 Å². The summed E-state index contributed by atoms with van der Waals surface area (Å²) >= 11 is 0. The van der Waals surface area contributed by atoms with Crippen LogP contribution >= 0.6 is 0 Å². The average Bonchev–Trinajstić information content (AvgIpc) is 2.73. The molecule has 3 nitrogen and oxygen atoms in total. The molecule has 1 amide bonds. The fraction of sp³-hybridized carbons (Fsp3) is 0.929. The summed E-state index contributed by atoms with van der Waals surface area (Å²) in [5.74, 6) is 1.02. The molecule has 1 N–H and O–H groups in total. The molecule has 0 aromatic rings. The number of alkyl halides is 1. The minimum Gasteiger partial charge on any atom is -0.353 e. The van der Waals surface area contributed by atoms with Gasteiger partial charge in [-0.2, -0.15) is 0 Å². The highest BCUT2D eigenvalue weighted by Gasteiger charge is 2.32. The molecule has 0 aromatic carbocycles. The number of rotatable bonds is 6. The summed E-state index contributed by atoms with van der Waals surface area (Å²) in [6.45, 7) is 10.2. The lowest BCUT2D eigenvalue weighted by atomic mass is 9.89. The van der Waals surface area contributed by atoms with E-state index in [0.29, 0.717) is 18.4 Å². The maximum Gasteiger partial charge on any atom is 0.222 e. The number of carbonyl (C=O) groups excluding carboxylic acids is 1. The number of hydrogen-bond donors (Lipinski definition) is 1. The number of amides is 1. The first-order chi connectivity index (χ1) is 8.45. The molecule has 1 aliphatic rings. The fourth-order valence-electron chi connectivity index (χ4n) is 2.64. The number of halogens is 1. The number of hydrogen-bond acceptors (Lipinski definition) is 2. The third-order valence-electron chi connectivity index (χ3n) is 3.77. The van der Waals surface area contributed by atoms with Gasteiger partial charge in [0.2, 0.25) is 5.91 Å². The highest BCUT2D eigenvalue weighted by molar-refractivity contribution is 5.78. The van der Waals surface area contributed by atoms with Crippen molar-refractivity contribution in [1.29, 1.82) is 0 Å². The first-order valence-electron chi connectivity index (χ1n) is 7.04. The monoisotopic (exact) mass is 258 g/mol. The predicted molar refractivity (Wildman–Crippen MR) is 72.1 cm³/mol. The molecule has 0 unspecified atom stereocenters. The Morgan fingerprint density at radius 2 is 2.06 bits per heavy atom. The van der Waals surface area contributed by atoms with Gasteiger partial charge >= 0.3 is 0 Å². The molecule has 0 radical (unpaired) electrons. The Bertz CT molecular complexity index is 269. The van der Waals surface area contributed by atoms with Crippen molar-refractivity contribution in [3.8, 4) is 0 Å². The van der Waals surface area contributed by atoms with Gasteiger partial charge < -0.3 is 10.2 Å². The van der Waals surface area contributed by atoms with E-state index < -0.39 is 0 Å². The van der Waals surface area contributed by atoms with Crippen LogP contribution < -0.4 is 5.32 Å². The Hall–Kier alpha value is -0.640. The van der Waals surface area contributed by atoms with E-state index in [1.807, 2.05) is 13.8 Å². The van der Waals surface area contributed by atoms with Crippen molar-refractivity contribution in [2.24, 2.45) is 17.8 Å². The van der Waals surface area contributed by atoms with E-state index in [4.69, 9.17) is 0 Å². The van der Waals surface area contributed by atoms with Crippen LogP contribution in [0, 0.1) is 17.8 Å². The molecular formula is C14H27FN2O. The Morgan fingerprint density at radius 3 is 2.56 bits per heavy atom. The summed E-state index contributed by atoms with van der Waals surface area (Å²) in [5.41, 5.74) is 0. The SMILES string of the molecule is CC(C)C(=O)N[C@H](C(C)C)[C@H]1CCN(CCF)C1. The van der Waals surface area contributed by atoms with E-state index in [-0.39, 0.29) is 24.5 Å². The summed E-state index contributed by atoms with van der Waals surface area (Å²) in [4.78, 5) is 14.0. The molecule has 0 aliphatic carbocycles. The largest absolute Gasteiger partial charge is 0.353 e. The van der Waals surface area contributed by atoms with Crippen molar-refractivity contribution >= 4 is 5.91 Å². The minimum absolute atomic E-state index is 0.0228. The molecule has 106 valence electrons. The molecule has 18 heavy (non-hydrogen) atoms. The molecule has 1 heterocycles. The first kappa shape index (κ1) is 15.4. The van der Waals surface area contributed by atoms with Gasteiger partial charge in [0.15, 0.2) is 0 Å². The molecule has 0 aromatic heterocycles. The van der Waals surface area contributed by atoms with E-state index >= 15 is 0 Å². The summed E-state index contributed by atoms with van der Waals surface area (Å²) in [5, 5.41) is 3.16. The Morgan fingerprint density at radius 1 is 1.39 bits per heavy atom. The van der Waals surface area contributed by atoms with E-state index in [2.05, 4.69) is 24.1 Å². The Kier molecular flexibility index (Phi) is 6.06. The predicted octanol–water partition coefficient (Wildman–Crippen LogP) is 2.07. The van der Waals surface area contributed by atoms with E-state index in [1.54, 1.807) is 0 Å². The van der Waals surface area contributed by atoms with Crippen molar-refractivity contribution in [1.82, 2.24) is 10.2 Å².